The second-order valence-electron chi connectivity index (χ2n) is 6.30. The highest BCUT2D eigenvalue weighted by Crippen LogP contribution is 2.21. The average molecular weight is 333 g/mol. The molecule has 0 aliphatic carbocycles. The number of carbonyl (C=O) groups excluding carboxylic acids is 1. The van der Waals surface area contributed by atoms with Crippen LogP contribution in [0.1, 0.15) is 66.3 Å². The van der Waals surface area contributed by atoms with Gasteiger partial charge in [-0.3, -0.25) is 9.59 Å². The molecule has 2 aromatic rings. The van der Waals surface area contributed by atoms with E-state index in [2.05, 4.69) is 23.8 Å². The highest BCUT2D eigenvalue weighted by molar-refractivity contribution is 7.09. The third-order valence-corrected chi connectivity index (χ3v) is 4.76. The van der Waals surface area contributed by atoms with E-state index in [0.717, 1.165) is 10.7 Å². The third-order valence-electron chi connectivity index (χ3n) is 3.57. The van der Waals surface area contributed by atoms with Crippen molar-refractivity contribution in [3.05, 3.63) is 49.8 Å². The second-order valence-corrected chi connectivity index (χ2v) is 7.19. The van der Waals surface area contributed by atoms with E-state index < -0.39 is 0 Å². The molecule has 2 heterocycles. The van der Waals surface area contributed by atoms with Crippen LogP contribution in [-0.4, -0.2) is 27.8 Å². The summed E-state index contributed by atoms with van der Waals surface area (Å²) in [4.78, 5) is 33.2. The van der Waals surface area contributed by atoms with Crippen molar-refractivity contribution < 1.29 is 4.79 Å². The molecule has 5 nitrogen and oxygen atoms in total. The number of nitrogens with one attached hydrogen (secondary N) is 1. The lowest BCUT2D eigenvalue weighted by Crippen LogP contribution is -2.29. The van der Waals surface area contributed by atoms with E-state index in [1.54, 1.807) is 29.4 Å². The van der Waals surface area contributed by atoms with Gasteiger partial charge in [0.15, 0.2) is 0 Å². The first-order chi connectivity index (χ1) is 10.8. The first-order valence-electron chi connectivity index (χ1n) is 7.72. The maximum atomic E-state index is 12.7. The van der Waals surface area contributed by atoms with Crippen molar-refractivity contribution in [1.82, 2.24) is 14.9 Å². The maximum Gasteiger partial charge on any atom is 0.255 e. The topological polar surface area (TPSA) is 66.1 Å². The lowest BCUT2D eigenvalue weighted by Gasteiger charge is -2.19. The average Bonchev–Trinajstić information content (AvgIpc) is 2.95. The monoisotopic (exact) mass is 333 g/mol. The van der Waals surface area contributed by atoms with Crippen LogP contribution in [0.5, 0.6) is 0 Å². The highest BCUT2D eigenvalue weighted by atomic mass is 32.1. The first-order valence-corrected chi connectivity index (χ1v) is 8.60. The van der Waals surface area contributed by atoms with Gasteiger partial charge in [0.2, 0.25) is 5.56 Å². The molecule has 1 amide bonds. The summed E-state index contributed by atoms with van der Waals surface area (Å²) in [6.45, 7) is 8.58. The zero-order chi connectivity index (χ0) is 17.1. The number of H-pyrrole nitrogens is 1. The number of aromatic amines is 1. The summed E-state index contributed by atoms with van der Waals surface area (Å²) < 4.78 is 0. The fraction of sp³-hybridized carbons (Fsp3) is 0.471. The standard InChI is InChI=1S/C17H23N3O2S/c1-10(2)15-13(6-7-14(21)19-15)17(22)20(5)8-12-9-23-16(18-12)11(3)4/h6-7,9-11H,8H2,1-5H3,(H,19,21). The fourth-order valence-corrected chi connectivity index (χ4v) is 3.14. The van der Waals surface area contributed by atoms with Gasteiger partial charge in [-0.05, 0) is 12.0 Å². The van der Waals surface area contributed by atoms with Gasteiger partial charge >= 0.3 is 0 Å². The Bertz CT molecular complexity index is 746. The molecule has 0 aromatic carbocycles. The Balaban J connectivity index is 2.21. The number of amides is 1. The maximum absolute atomic E-state index is 12.7. The van der Waals surface area contributed by atoms with Crippen molar-refractivity contribution in [3.63, 3.8) is 0 Å². The molecular weight excluding hydrogens is 310 g/mol. The molecule has 2 aromatic heterocycles. The van der Waals surface area contributed by atoms with Gasteiger partial charge < -0.3 is 9.88 Å². The van der Waals surface area contributed by atoms with Crippen LogP contribution in [-0.2, 0) is 6.54 Å². The minimum atomic E-state index is -0.186. The molecule has 23 heavy (non-hydrogen) atoms. The number of hydrogen-bond donors (Lipinski definition) is 1. The summed E-state index contributed by atoms with van der Waals surface area (Å²) in [6, 6.07) is 3.00. The molecule has 0 spiro atoms. The Labute approximate surface area is 140 Å². The first kappa shape index (κ1) is 17.4. The van der Waals surface area contributed by atoms with Gasteiger partial charge in [0.25, 0.3) is 5.91 Å². The van der Waals surface area contributed by atoms with Crippen LogP contribution < -0.4 is 5.56 Å². The normalized spacial score (nSPS) is 11.3. The molecule has 0 radical (unpaired) electrons. The van der Waals surface area contributed by atoms with Gasteiger partial charge in [-0.15, -0.1) is 11.3 Å². The van der Waals surface area contributed by atoms with Crippen molar-refractivity contribution in [2.24, 2.45) is 0 Å². The molecule has 0 aliphatic heterocycles. The van der Waals surface area contributed by atoms with Gasteiger partial charge in [-0.2, -0.15) is 0 Å². The lowest BCUT2D eigenvalue weighted by atomic mass is 10.0. The van der Waals surface area contributed by atoms with E-state index in [9.17, 15) is 9.59 Å². The molecule has 0 atom stereocenters. The van der Waals surface area contributed by atoms with E-state index >= 15 is 0 Å². The Kier molecular flexibility index (Phi) is 5.36. The summed E-state index contributed by atoms with van der Waals surface area (Å²) in [5.41, 5.74) is 1.93. The van der Waals surface area contributed by atoms with Crippen molar-refractivity contribution in [1.29, 1.82) is 0 Å². The number of aromatic nitrogens is 2. The Hall–Kier alpha value is -1.95. The molecule has 0 saturated heterocycles. The molecule has 1 N–H and O–H groups in total. The van der Waals surface area contributed by atoms with Crippen LogP contribution in [0.3, 0.4) is 0 Å². The zero-order valence-corrected chi connectivity index (χ0v) is 15.0. The third kappa shape index (κ3) is 4.07. The SMILES string of the molecule is CC(C)c1nc(CN(C)C(=O)c2ccc(=O)[nH]c2C(C)C)cs1. The highest BCUT2D eigenvalue weighted by Gasteiger charge is 2.19. The second kappa shape index (κ2) is 7.08. The number of thiazole rings is 1. The fourth-order valence-electron chi connectivity index (χ4n) is 2.31. The van der Waals surface area contributed by atoms with E-state index in [0.29, 0.717) is 23.7 Å². The molecule has 0 unspecified atom stereocenters. The van der Waals surface area contributed by atoms with Crippen LogP contribution in [0, 0.1) is 0 Å². The van der Waals surface area contributed by atoms with Gasteiger partial charge in [-0.25, -0.2) is 4.98 Å². The van der Waals surface area contributed by atoms with Crippen molar-refractivity contribution in [2.75, 3.05) is 7.05 Å². The number of carbonyl (C=O) groups is 1. The molecular formula is C17H23N3O2S. The van der Waals surface area contributed by atoms with E-state index in [4.69, 9.17) is 0 Å². The van der Waals surface area contributed by atoms with Crippen LogP contribution >= 0.6 is 11.3 Å². The Morgan fingerprint density at radius 1 is 1.26 bits per heavy atom. The van der Waals surface area contributed by atoms with Crippen LogP contribution in [0.2, 0.25) is 0 Å². The van der Waals surface area contributed by atoms with Gasteiger partial charge in [-0.1, -0.05) is 27.7 Å². The predicted molar refractivity (Wildman–Crippen MR) is 93.2 cm³/mol. The van der Waals surface area contributed by atoms with E-state index in [1.165, 1.54) is 6.07 Å². The van der Waals surface area contributed by atoms with Crippen LogP contribution in [0.4, 0.5) is 0 Å². The van der Waals surface area contributed by atoms with Gasteiger partial charge in [0.1, 0.15) is 0 Å². The Morgan fingerprint density at radius 3 is 2.52 bits per heavy atom. The Morgan fingerprint density at radius 2 is 1.96 bits per heavy atom. The molecule has 0 saturated carbocycles. The van der Waals surface area contributed by atoms with Crippen LogP contribution in [0.15, 0.2) is 22.3 Å². The number of nitrogens with zero attached hydrogens (tertiary/aromatic N) is 2. The van der Waals surface area contributed by atoms with E-state index in [-0.39, 0.29) is 17.4 Å². The van der Waals surface area contributed by atoms with Crippen LogP contribution in [0.25, 0.3) is 0 Å². The summed E-state index contributed by atoms with van der Waals surface area (Å²) in [6.07, 6.45) is 0. The molecule has 6 heteroatoms. The lowest BCUT2D eigenvalue weighted by molar-refractivity contribution is 0.0781. The number of rotatable bonds is 5. The minimum Gasteiger partial charge on any atom is -0.336 e. The summed E-state index contributed by atoms with van der Waals surface area (Å²) in [5.74, 6) is 0.355. The number of pyridine rings is 1. The summed E-state index contributed by atoms with van der Waals surface area (Å²) in [5, 5.41) is 3.07. The molecule has 0 fully saturated rings. The summed E-state index contributed by atoms with van der Waals surface area (Å²) >= 11 is 1.62. The van der Waals surface area contributed by atoms with E-state index in [1.807, 2.05) is 19.2 Å². The van der Waals surface area contributed by atoms with Crippen molar-refractivity contribution in [2.45, 2.75) is 46.1 Å². The molecule has 124 valence electrons. The van der Waals surface area contributed by atoms with Gasteiger partial charge in [0.05, 0.1) is 22.8 Å². The molecule has 0 aliphatic rings. The van der Waals surface area contributed by atoms with Crippen molar-refractivity contribution in [3.8, 4) is 0 Å². The minimum absolute atomic E-state index is 0.0723. The van der Waals surface area contributed by atoms with Crippen molar-refractivity contribution >= 4 is 17.2 Å². The predicted octanol–water partition coefficient (Wildman–Crippen LogP) is 3.35. The largest absolute Gasteiger partial charge is 0.336 e. The smallest absolute Gasteiger partial charge is 0.255 e. The van der Waals surface area contributed by atoms with Gasteiger partial charge in [0, 0.05) is 30.1 Å². The quantitative estimate of drug-likeness (QED) is 0.912. The molecule has 0 bridgehead atoms. The molecule has 2 rings (SSSR count). The zero-order valence-electron chi connectivity index (χ0n) is 14.2. The summed E-state index contributed by atoms with van der Waals surface area (Å²) in [7, 11) is 1.76. The number of hydrogen-bond acceptors (Lipinski definition) is 4.